The van der Waals surface area contributed by atoms with Crippen molar-refractivity contribution in [3.8, 4) is 0 Å². The van der Waals surface area contributed by atoms with Gasteiger partial charge in [-0.3, -0.25) is 0 Å². The van der Waals surface area contributed by atoms with Gasteiger partial charge in [0.2, 0.25) is 0 Å². The van der Waals surface area contributed by atoms with Crippen LogP contribution >= 0.6 is 0 Å². The first-order valence-electron chi connectivity index (χ1n) is 7.47. The van der Waals surface area contributed by atoms with E-state index in [1.165, 1.54) is 10.7 Å². The quantitative estimate of drug-likeness (QED) is 0.435. The van der Waals surface area contributed by atoms with Crippen LogP contribution < -0.4 is 0 Å². The number of hydrogen-bond acceptors (Lipinski definition) is 4. The third-order valence-corrected chi connectivity index (χ3v) is 20.3. The molecule has 2 aliphatic heterocycles. The second-order valence-corrected chi connectivity index (χ2v) is 37.9. The SMILES string of the molecule is COC(=O)[C@@H]1C[C@@H]2OC(=O)[C@@]1([Sn]([CH3])([CH3])[CH3])C=[C]2[Sn]([CH3])([CH3])[CH3]. The number of rotatable bonds is 3. The Morgan fingerprint density at radius 2 is 1.86 bits per heavy atom. The minimum atomic E-state index is -2.84. The minimum absolute atomic E-state index is 0.170. The number of carbonyl (C=O) groups excluding carboxylic acids is 2. The van der Waals surface area contributed by atoms with Crippen molar-refractivity contribution < 1.29 is 19.1 Å². The molecule has 1 fully saturated rings. The Bertz CT molecular complexity index is 513. The van der Waals surface area contributed by atoms with Crippen molar-refractivity contribution in [2.75, 3.05) is 7.11 Å². The number of ether oxygens (including phenoxy) is 2. The van der Waals surface area contributed by atoms with Gasteiger partial charge in [-0.05, 0) is 0 Å². The fraction of sp³-hybridized carbons (Fsp3) is 0.733. The standard InChI is InChI=1S/C9H8O4.6CH3.2Sn/c1-12-8(10)7-4-5-2-3-6(7)9(11)13-5;;;;;;;;/h3,5,7H,4H2,1H3;6*1H3;;/t5-,7-;;;;;;;;/m1......../s1. The van der Waals surface area contributed by atoms with Crippen LogP contribution in [0.25, 0.3) is 0 Å². The Morgan fingerprint density at radius 3 is 2.29 bits per heavy atom. The monoisotopic (exact) mass is 510 g/mol. The van der Waals surface area contributed by atoms with Gasteiger partial charge in [0.25, 0.3) is 0 Å². The Hall–Kier alpha value is 0.277. The molecule has 1 saturated heterocycles. The van der Waals surface area contributed by atoms with E-state index < -0.39 is 40.2 Å². The average Bonchev–Trinajstić information content (AvgIpc) is 2.34. The van der Waals surface area contributed by atoms with Gasteiger partial charge >= 0.3 is 136 Å². The van der Waals surface area contributed by atoms with Crippen LogP contribution in [0.3, 0.4) is 0 Å². The molecular formula is C15H26O4Sn2. The number of hydrogen-bond donors (Lipinski definition) is 0. The predicted molar refractivity (Wildman–Crippen MR) is 87.5 cm³/mol. The second kappa shape index (κ2) is 5.42. The Labute approximate surface area is 135 Å². The zero-order chi connectivity index (χ0) is 16.2. The van der Waals surface area contributed by atoms with E-state index in [0.717, 1.165) is 0 Å². The molecule has 3 aliphatic rings. The normalized spacial score (nSPS) is 32.5. The first-order valence-corrected chi connectivity index (χ1v) is 27.4. The first-order chi connectivity index (χ1) is 9.45. The van der Waals surface area contributed by atoms with E-state index in [4.69, 9.17) is 9.47 Å². The Morgan fingerprint density at radius 1 is 1.29 bits per heavy atom. The van der Waals surface area contributed by atoms with Gasteiger partial charge in [-0.2, -0.15) is 0 Å². The van der Waals surface area contributed by atoms with Crippen molar-refractivity contribution in [3.05, 3.63) is 9.67 Å². The van der Waals surface area contributed by atoms with Gasteiger partial charge in [0, 0.05) is 0 Å². The number of fused-ring (bicyclic) bond motifs is 2. The topological polar surface area (TPSA) is 52.6 Å². The maximum atomic E-state index is 12.7. The maximum absolute atomic E-state index is 12.7. The second-order valence-electron chi connectivity index (χ2n) is 8.17. The molecule has 21 heavy (non-hydrogen) atoms. The average molecular weight is 508 g/mol. The van der Waals surface area contributed by atoms with Crippen LogP contribution in [-0.4, -0.2) is 61.9 Å². The fourth-order valence-corrected chi connectivity index (χ4v) is 17.2. The van der Waals surface area contributed by atoms with Gasteiger partial charge in [0.05, 0.1) is 0 Å². The summed E-state index contributed by atoms with van der Waals surface area (Å²) < 4.78 is 11.5. The zero-order valence-corrected chi connectivity index (χ0v) is 19.8. The molecular weight excluding hydrogens is 482 g/mol. The summed E-state index contributed by atoms with van der Waals surface area (Å²) in [6, 6.07) is 0. The van der Waals surface area contributed by atoms with Crippen molar-refractivity contribution in [3.63, 3.8) is 0 Å². The van der Waals surface area contributed by atoms with Crippen LogP contribution in [0.5, 0.6) is 0 Å². The zero-order valence-electron chi connectivity index (χ0n) is 14.1. The number of carbonyl (C=O) groups is 2. The van der Waals surface area contributed by atoms with Gasteiger partial charge < -0.3 is 0 Å². The first kappa shape index (κ1) is 17.6. The Kier molecular flexibility index (Phi) is 4.55. The number of methoxy groups -OCH3 is 1. The van der Waals surface area contributed by atoms with Crippen LogP contribution in [0.15, 0.2) is 9.67 Å². The van der Waals surface area contributed by atoms with E-state index in [1.54, 1.807) is 0 Å². The van der Waals surface area contributed by atoms with E-state index in [9.17, 15) is 9.59 Å². The molecule has 2 bridgehead atoms. The summed E-state index contributed by atoms with van der Waals surface area (Å²) in [6.45, 7) is 0. The van der Waals surface area contributed by atoms with Crippen LogP contribution in [0, 0.1) is 5.92 Å². The van der Waals surface area contributed by atoms with Crippen LogP contribution in [0.4, 0.5) is 0 Å². The summed E-state index contributed by atoms with van der Waals surface area (Å²) in [6.07, 6.45) is 2.63. The molecule has 0 aromatic rings. The van der Waals surface area contributed by atoms with Gasteiger partial charge in [0.1, 0.15) is 0 Å². The molecule has 0 unspecified atom stereocenters. The molecule has 0 aromatic carbocycles. The molecule has 0 spiro atoms. The molecule has 0 saturated carbocycles. The van der Waals surface area contributed by atoms with E-state index in [0.29, 0.717) is 6.42 Å². The van der Waals surface area contributed by atoms with E-state index >= 15 is 0 Å². The molecule has 118 valence electrons. The van der Waals surface area contributed by atoms with E-state index in [1.807, 2.05) is 0 Å². The molecule has 0 N–H and O–H groups in total. The van der Waals surface area contributed by atoms with Gasteiger partial charge in [-0.1, -0.05) is 0 Å². The fourth-order valence-electron chi connectivity index (χ4n) is 3.67. The summed E-state index contributed by atoms with van der Waals surface area (Å²) in [5.41, 5.74) is 0. The third kappa shape index (κ3) is 2.68. The molecule has 3 rings (SSSR count). The number of esters is 2. The molecule has 0 amide bonds. The van der Waals surface area contributed by atoms with Crippen LogP contribution in [0.2, 0.25) is 33.1 Å². The molecule has 0 radical (unpaired) electrons. The van der Waals surface area contributed by atoms with Crippen molar-refractivity contribution in [2.45, 2.75) is 45.6 Å². The van der Waals surface area contributed by atoms with Crippen molar-refractivity contribution in [1.29, 1.82) is 0 Å². The van der Waals surface area contributed by atoms with Gasteiger partial charge in [-0.15, -0.1) is 0 Å². The van der Waals surface area contributed by atoms with Crippen molar-refractivity contribution >= 4 is 48.7 Å². The predicted octanol–water partition coefficient (Wildman–Crippen LogP) is 2.99. The molecule has 4 nitrogen and oxygen atoms in total. The summed E-state index contributed by atoms with van der Waals surface area (Å²) in [4.78, 5) is 38.7. The summed E-state index contributed by atoms with van der Waals surface area (Å²) >= 11 is -5.19. The molecule has 6 heteroatoms. The van der Waals surface area contributed by atoms with Crippen LogP contribution in [-0.2, 0) is 19.1 Å². The molecule has 0 aromatic heterocycles. The summed E-state index contributed by atoms with van der Waals surface area (Å²) in [5.74, 6) is -0.763. The molecule has 1 aliphatic carbocycles. The van der Waals surface area contributed by atoms with Crippen LogP contribution in [0.1, 0.15) is 6.42 Å². The Balaban J connectivity index is 2.67. The van der Waals surface area contributed by atoms with E-state index in [-0.39, 0.29) is 24.0 Å². The van der Waals surface area contributed by atoms with Gasteiger partial charge in [-0.25, -0.2) is 0 Å². The summed E-state index contributed by atoms with van der Waals surface area (Å²) in [7, 11) is 1.41. The van der Waals surface area contributed by atoms with Crippen molar-refractivity contribution in [1.82, 2.24) is 0 Å². The van der Waals surface area contributed by atoms with Crippen molar-refractivity contribution in [2.24, 2.45) is 5.92 Å². The molecule has 2 heterocycles. The molecule has 3 atom stereocenters. The third-order valence-electron chi connectivity index (χ3n) is 4.91. The van der Waals surface area contributed by atoms with Gasteiger partial charge in [0.15, 0.2) is 0 Å². The van der Waals surface area contributed by atoms with E-state index in [2.05, 4.69) is 35.7 Å². The summed E-state index contributed by atoms with van der Waals surface area (Å²) in [5, 5.41) is 0.